The number of halogens is 3. The van der Waals surface area contributed by atoms with Crippen molar-refractivity contribution in [3.8, 4) is 0 Å². The third-order valence-corrected chi connectivity index (χ3v) is 6.31. The largest absolute Gasteiger partial charge is 0.428 e. The van der Waals surface area contributed by atoms with Crippen LogP contribution in [-0.2, 0) is 11.3 Å². The van der Waals surface area contributed by atoms with Crippen LogP contribution in [-0.4, -0.2) is 89.7 Å². The number of ether oxygens (including phenoxy) is 1. The van der Waals surface area contributed by atoms with Gasteiger partial charge in [0.1, 0.15) is 0 Å². The van der Waals surface area contributed by atoms with Crippen molar-refractivity contribution in [3.63, 3.8) is 0 Å². The van der Waals surface area contributed by atoms with E-state index in [9.17, 15) is 18.3 Å². The van der Waals surface area contributed by atoms with E-state index in [4.69, 9.17) is 4.74 Å². The van der Waals surface area contributed by atoms with Crippen molar-refractivity contribution in [3.05, 3.63) is 35.9 Å². The smallest absolute Gasteiger partial charge is 0.378 e. The van der Waals surface area contributed by atoms with Crippen molar-refractivity contribution in [2.75, 3.05) is 39.4 Å². The Morgan fingerprint density at radius 2 is 1.68 bits per heavy atom. The first-order valence-electron chi connectivity index (χ1n) is 10.1. The lowest BCUT2D eigenvalue weighted by Crippen LogP contribution is -2.73. The first-order chi connectivity index (χ1) is 13.4. The SMILES string of the molecule is OC(N1CCN(Cc2ccccc2)C2COC[C@H](N3CCCC3)[C@H]21)C(F)(F)F. The fraction of sp³-hybridized carbons (Fsp3) is 0.700. The molecule has 3 aliphatic heterocycles. The molecular formula is C20H28F3N3O2. The first-order valence-corrected chi connectivity index (χ1v) is 10.1. The second-order valence-corrected chi connectivity index (χ2v) is 8.02. The van der Waals surface area contributed by atoms with Crippen LogP contribution in [0.3, 0.4) is 0 Å². The molecule has 0 bridgehead atoms. The van der Waals surface area contributed by atoms with E-state index in [0.29, 0.717) is 26.3 Å². The molecule has 1 N–H and O–H groups in total. The molecule has 1 aromatic carbocycles. The maximum absolute atomic E-state index is 13.4. The molecule has 0 spiro atoms. The molecule has 3 saturated heterocycles. The summed E-state index contributed by atoms with van der Waals surface area (Å²) >= 11 is 0. The average Bonchev–Trinajstić information content (AvgIpc) is 3.22. The van der Waals surface area contributed by atoms with Crippen LogP contribution in [0.15, 0.2) is 30.3 Å². The second-order valence-electron chi connectivity index (χ2n) is 8.02. The average molecular weight is 399 g/mol. The lowest BCUT2D eigenvalue weighted by atomic mass is 9.90. The van der Waals surface area contributed by atoms with Crippen LogP contribution in [0.4, 0.5) is 13.2 Å². The fourth-order valence-corrected chi connectivity index (χ4v) is 4.97. The number of likely N-dealkylation sites (tertiary alicyclic amines) is 1. The molecule has 0 aliphatic carbocycles. The molecule has 3 fully saturated rings. The zero-order valence-corrected chi connectivity index (χ0v) is 15.9. The van der Waals surface area contributed by atoms with E-state index in [-0.39, 0.29) is 18.6 Å². The van der Waals surface area contributed by atoms with Gasteiger partial charge >= 0.3 is 6.18 Å². The van der Waals surface area contributed by atoms with E-state index in [2.05, 4.69) is 9.80 Å². The van der Waals surface area contributed by atoms with Gasteiger partial charge in [-0.25, -0.2) is 0 Å². The highest BCUT2D eigenvalue weighted by Crippen LogP contribution is 2.34. The van der Waals surface area contributed by atoms with Gasteiger partial charge in [-0.2, -0.15) is 13.2 Å². The summed E-state index contributed by atoms with van der Waals surface area (Å²) in [5.74, 6) is 0. The minimum Gasteiger partial charge on any atom is -0.378 e. The van der Waals surface area contributed by atoms with Crippen molar-refractivity contribution in [1.29, 1.82) is 0 Å². The number of nitrogens with zero attached hydrogens (tertiary/aromatic N) is 3. The number of rotatable bonds is 4. The van der Waals surface area contributed by atoms with Crippen molar-refractivity contribution >= 4 is 0 Å². The van der Waals surface area contributed by atoms with Gasteiger partial charge in [-0.15, -0.1) is 0 Å². The molecule has 4 atom stereocenters. The standard InChI is InChI=1S/C20H28F3N3O2/c21-20(22,23)19(27)26-11-10-25(12-15-6-2-1-3-7-15)17-14-28-13-16(18(17)26)24-8-4-5-9-24/h1-3,6-7,16-19,27H,4-5,8-14H2/t16-,17?,18+,19?/m0/s1. The summed E-state index contributed by atoms with van der Waals surface area (Å²) in [6.07, 6.45) is -4.96. The fourth-order valence-electron chi connectivity index (χ4n) is 4.97. The molecule has 0 amide bonds. The van der Waals surface area contributed by atoms with Crippen molar-refractivity contribution < 1.29 is 23.0 Å². The Kier molecular flexibility index (Phi) is 5.94. The maximum atomic E-state index is 13.4. The number of alkyl halides is 3. The van der Waals surface area contributed by atoms with Gasteiger partial charge in [-0.3, -0.25) is 14.7 Å². The van der Waals surface area contributed by atoms with Gasteiger partial charge in [-0.1, -0.05) is 30.3 Å². The van der Waals surface area contributed by atoms with Gasteiger partial charge < -0.3 is 9.84 Å². The molecule has 0 saturated carbocycles. The Hall–Kier alpha value is -1.19. The van der Waals surface area contributed by atoms with Crippen LogP contribution < -0.4 is 0 Å². The molecule has 3 heterocycles. The molecule has 156 valence electrons. The third-order valence-electron chi connectivity index (χ3n) is 6.31. The molecule has 1 aromatic rings. The van der Waals surface area contributed by atoms with Gasteiger partial charge in [-0.05, 0) is 31.5 Å². The summed E-state index contributed by atoms with van der Waals surface area (Å²) in [5.41, 5.74) is 1.13. The Bertz CT molecular complexity index is 639. The Labute approximate surface area is 163 Å². The molecule has 2 unspecified atom stereocenters. The maximum Gasteiger partial charge on any atom is 0.428 e. The highest BCUT2D eigenvalue weighted by molar-refractivity contribution is 5.15. The Morgan fingerprint density at radius 3 is 2.36 bits per heavy atom. The van der Waals surface area contributed by atoms with E-state index in [1.54, 1.807) is 0 Å². The normalized spacial score (nSPS) is 31.6. The lowest BCUT2D eigenvalue weighted by molar-refractivity contribution is -0.275. The highest BCUT2D eigenvalue weighted by atomic mass is 19.4. The van der Waals surface area contributed by atoms with Crippen LogP contribution in [0.2, 0.25) is 0 Å². The number of aliphatic hydroxyl groups excluding tert-OH is 1. The molecule has 8 heteroatoms. The number of benzene rings is 1. The van der Waals surface area contributed by atoms with Crippen LogP contribution in [0.1, 0.15) is 18.4 Å². The quantitative estimate of drug-likeness (QED) is 0.838. The van der Waals surface area contributed by atoms with E-state index in [0.717, 1.165) is 31.5 Å². The molecular weight excluding hydrogens is 371 g/mol. The van der Waals surface area contributed by atoms with Gasteiger partial charge in [0.05, 0.1) is 25.3 Å². The number of hydrogen-bond acceptors (Lipinski definition) is 5. The predicted molar refractivity (Wildman–Crippen MR) is 98.6 cm³/mol. The van der Waals surface area contributed by atoms with E-state index in [1.807, 2.05) is 30.3 Å². The monoisotopic (exact) mass is 399 g/mol. The van der Waals surface area contributed by atoms with E-state index < -0.39 is 18.4 Å². The molecule has 0 radical (unpaired) electrons. The van der Waals surface area contributed by atoms with Crippen LogP contribution in [0, 0.1) is 0 Å². The summed E-state index contributed by atoms with van der Waals surface area (Å²) in [5, 5.41) is 10.1. The lowest BCUT2D eigenvalue weighted by Gasteiger charge is -2.55. The number of hydrogen-bond donors (Lipinski definition) is 1. The highest BCUT2D eigenvalue weighted by Gasteiger charge is 2.53. The number of aliphatic hydroxyl groups is 1. The second kappa shape index (κ2) is 8.28. The summed E-state index contributed by atoms with van der Waals surface area (Å²) in [6.45, 7) is 3.91. The molecule has 4 rings (SSSR count). The summed E-state index contributed by atoms with van der Waals surface area (Å²) < 4.78 is 46.0. The van der Waals surface area contributed by atoms with Crippen LogP contribution >= 0.6 is 0 Å². The van der Waals surface area contributed by atoms with E-state index in [1.165, 1.54) is 4.90 Å². The minimum atomic E-state index is -4.65. The summed E-state index contributed by atoms with van der Waals surface area (Å²) in [4.78, 5) is 5.75. The first kappa shape index (κ1) is 20.1. The number of fused-ring (bicyclic) bond motifs is 1. The molecule has 3 aliphatic rings. The predicted octanol–water partition coefficient (Wildman–Crippen LogP) is 1.92. The third kappa shape index (κ3) is 4.07. The summed E-state index contributed by atoms with van der Waals surface area (Å²) in [7, 11) is 0. The van der Waals surface area contributed by atoms with Gasteiger partial charge in [0.15, 0.2) is 0 Å². The van der Waals surface area contributed by atoms with Crippen molar-refractivity contribution in [2.24, 2.45) is 0 Å². The molecule has 28 heavy (non-hydrogen) atoms. The Balaban J connectivity index is 1.60. The number of piperazine rings is 1. The molecule has 0 aromatic heterocycles. The van der Waals surface area contributed by atoms with Gasteiger partial charge in [0.2, 0.25) is 6.23 Å². The summed E-state index contributed by atoms with van der Waals surface area (Å²) in [6, 6.07) is 9.27. The van der Waals surface area contributed by atoms with Gasteiger partial charge in [0.25, 0.3) is 0 Å². The zero-order chi connectivity index (χ0) is 19.7. The van der Waals surface area contributed by atoms with Crippen LogP contribution in [0.25, 0.3) is 0 Å². The topological polar surface area (TPSA) is 39.2 Å². The van der Waals surface area contributed by atoms with Crippen molar-refractivity contribution in [1.82, 2.24) is 14.7 Å². The Morgan fingerprint density at radius 1 is 1.00 bits per heavy atom. The molecule has 5 nitrogen and oxygen atoms in total. The van der Waals surface area contributed by atoms with Gasteiger partial charge in [0, 0.05) is 25.7 Å². The minimum absolute atomic E-state index is 0.128. The van der Waals surface area contributed by atoms with Crippen molar-refractivity contribution in [2.45, 2.75) is 49.9 Å². The van der Waals surface area contributed by atoms with E-state index >= 15 is 0 Å². The zero-order valence-electron chi connectivity index (χ0n) is 15.9. The van der Waals surface area contributed by atoms with Crippen LogP contribution in [0.5, 0.6) is 0 Å².